The van der Waals surface area contributed by atoms with Crippen molar-refractivity contribution in [1.29, 1.82) is 0 Å². The normalized spacial score (nSPS) is 10.3. The van der Waals surface area contributed by atoms with E-state index in [9.17, 15) is 4.79 Å². The summed E-state index contributed by atoms with van der Waals surface area (Å²) < 4.78 is 0. The van der Waals surface area contributed by atoms with E-state index in [1.165, 1.54) is 18.4 Å². The van der Waals surface area contributed by atoms with E-state index in [0.717, 1.165) is 25.1 Å². The number of aryl methyl sites for hydroxylation is 1. The topological polar surface area (TPSA) is 66.9 Å². The van der Waals surface area contributed by atoms with E-state index in [-0.39, 0.29) is 5.91 Å². The molecule has 23 heavy (non-hydrogen) atoms. The molecule has 5 nitrogen and oxygen atoms in total. The average Bonchev–Trinajstić information content (AvgIpc) is 2.60. The largest absolute Gasteiger partial charge is 0.354 e. The van der Waals surface area contributed by atoms with Crippen LogP contribution >= 0.6 is 0 Å². The second-order valence-corrected chi connectivity index (χ2v) is 5.40. The number of benzene rings is 1. The molecule has 2 rings (SSSR count). The standard InChI is InChI=1S/C18H24N4O/c1-3-5-6-12-19-18-20-13-11-16(22-18)17(23)21-15-9-7-14(4-2)8-10-15/h7-11,13H,3-6,12H2,1-2H3,(H,21,23)(H,19,20,22). The lowest BCUT2D eigenvalue weighted by Gasteiger charge is -2.07. The first kappa shape index (κ1) is 16.9. The summed E-state index contributed by atoms with van der Waals surface area (Å²) in [7, 11) is 0. The third kappa shape index (κ3) is 5.36. The van der Waals surface area contributed by atoms with Crippen LogP contribution in [0.15, 0.2) is 36.5 Å². The molecule has 1 aromatic heterocycles. The minimum absolute atomic E-state index is 0.228. The molecule has 0 aliphatic rings. The van der Waals surface area contributed by atoms with Gasteiger partial charge in [-0.3, -0.25) is 4.79 Å². The van der Waals surface area contributed by atoms with Crippen LogP contribution in [0.4, 0.5) is 11.6 Å². The molecule has 0 atom stereocenters. The predicted molar refractivity (Wildman–Crippen MR) is 93.8 cm³/mol. The van der Waals surface area contributed by atoms with E-state index in [1.807, 2.05) is 24.3 Å². The fraction of sp³-hybridized carbons (Fsp3) is 0.389. The highest BCUT2D eigenvalue weighted by atomic mass is 16.1. The van der Waals surface area contributed by atoms with Crippen LogP contribution in [0.2, 0.25) is 0 Å². The van der Waals surface area contributed by atoms with Crippen LogP contribution in [0, 0.1) is 0 Å². The number of aromatic nitrogens is 2. The van der Waals surface area contributed by atoms with Gasteiger partial charge in [0.05, 0.1) is 0 Å². The molecule has 5 heteroatoms. The maximum Gasteiger partial charge on any atom is 0.274 e. The smallest absolute Gasteiger partial charge is 0.274 e. The molecule has 0 unspecified atom stereocenters. The Balaban J connectivity index is 1.95. The highest BCUT2D eigenvalue weighted by Crippen LogP contribution is 2.11. The molecule has 2 aromatic rings. The van der Waals surface area contributed by atoms with E-state index in [0.29, 0.717) is 11.6 Å². The van der Waals surface area contributed by atoms with Crippen molar-refractivity contribution in [1.82, 2.24) is 9.97 Å². The van der Waals surface area contributed by atoms with Gasteiger partial charge in [-0.1, -0.05) is 38.8 Å². The lowest BCUT2D eigenvalue weighted by molar-refractivity contribution is 0.102. The van der Waals surface area contributed by atoms with E-state index >= 15 is 0 Å². The maximum atomic E-state index is 12.3. The summed E-state index contributed by atoms with van der Waals surface area (Å²) in [6, 6.07) is 9.45. The number of unbranched alkanes of at least 4 members (excludes halogenated alkanes) is 2. The fourth-order valence-electron chi connectivity index (χ4n) is 2.16. The minimum Gasteiger partial charge on any atom is -0.354 e. The van der Waals surface area contributed by atoms with Crippen molar-refractivity contribution >= 4 is 17.5 Å². The Labute approximate surface area is 137 Å². The zero-order valence-corrected chi connectivity index (χ0v) is 13.8. The van der Waals surface area contributed by atoms with Gasteiger partial charge in [0, 0.05) is 18.4 Å². The summed E-state index contributed by atoms with van der Waals surface area (Å²) in [6.07, 6.45) is 5.99. The third-order valence-corrected chi connectivity index (χ3v) is 3.57. The second kappa shape index (κ2) is 8.88. The number of carbonyl (C=O) groups is 1. The molecule has 1 amide bonds. The number of rotatable bonds is 8. The highest BCUT2D eigenvalue weighted by molar-refractivity contribution is 6.02. The van der Waals surface area contributed by atoms with Crippen LogP contribution in [0.25, 0.3) is 0 Å². The van der Waals surface area contributed by atoms with Crippen molar-refractivity contribution in [3.63, 3.8) is 0 Å². The number of hydrogen-bond donors (Lipinski definition) is 2. The monoisotopic (exact) mass is 312 g/mol. The molecule has 0 aliphatic carbocycles. The maximum absolute atomic E-state index is 12.3. The van der Waals surface area contributed by atoms with Crippen LogP contribution in [-0.2, 0) is 6.42 Å². The van der Waals surface area contributed by atoms with E-state index in [4.69, 9.17) is 0 Å². The van der Waals surface area contributed by atoms with Crippen LogP contribution in [-0.4, -0.2) is 22.4 Å². The van der Waals surface area contributed by atoms with Gasteiger partial charge < -0.3 is 10.6 Å². The fourth-order valence-corrected chi connectivity index (χ4v) is 2.16. The minimum atomic E-state index is -0.228. The van der Waals surface area contributed by atoms with Gasteiger partial charge in [-0.25, -0.2) is 9.97 Å². The van der Waals surface area contributed by atoms with Gasteiger partial charge in [-0.2, -0.15) is 0 Å². The summed E-state index contributed by atoms with van der Waals surface area (Å²) in [6.45, 7) is 5.08. The van der Waals surface area contributed by atoms with Crippen molar-refractivity contribution in [2.75, 3.05) is 17.2 Å². The Bertz CT molecular complexity index is 625. The average molecular weight is 312 g/mol. The van der Waals surface area contributed by atoms with Crippen molar-refractivity contribution in [3.05, 3.63) is 47.8 Å². The summed E-state index contributed by atoms with van der Waals surface area (Å²) in [5.41, 5.74) is 2.37. The first-order valence-corrected chi connectivity index (χ1v) is 8.20. The molecule has 0 fully saturated rings. The van der Waals surface area contributed by atoms with Crippen molar-refractivity contribution < 1.29 is 4.79 Å². The van der Waals surface area contributed by atoms with Crippen molar-refractivity contribution in [2.45, 2.75) is 39.5 Å². The van der Waals surface area contributed by atoms with Crippen LogP contribution in [0.5, 0.6) is 0 Å². The van der Waals surface area contributed by atoms with Crippen LogP contribution in [0.3, 0.4) is 0 Å². The van der Waals surface area contributed by atoms with Crippen LogP contribution < -0.4 is 10.6 Å². The number of anilines is 2. The summed E-state index contributed by atoms with van der Waals surface area (Å²) >= 11 is 0. The summed E-state index contributed by atoms with van der Waals surface area (Å²) in [4.78, 5) is 20.7. The Hall–Kier alpha value is -2.43. The number of amides is 1. The number of nitrogens with one attached hydrogen (secondary N) is 2. The van der Waals surface area contributed by atoms with Crippen molar-refractivity contribution in [2.24, 2.45) is 0 Å². The lowest BCUT2D eigenvalue weighted by Crippen LogP contribution is -2.15. The van der Waals surface area contributed by atoms with Gasteiger partial charge in [0.1, 0.15) is 5.69 Å². The summed E-state index contributed by atoms with van der Waals surface area (Å²) in [5, 5.41) is 6.01. The van der Waals surface area contributed by atoms with E-state index in [2.05, 4.69) is 34.4 Å². The highest BCUT2D eigenvalue weighted by Gasteiger charge is 2.09. The molecule has 1 heterocycles. The zero-order valence-electron chi connectivity index (χ0n) is 13.8. The molecule has 0 saturated carbocycles. The first-order valence-electron chi connectivity index (χ1n) is 8.20. The Morgan fingerprint density at radius 1 is 1.09 bits per heavy atom. The van der Waals surface area contributed by atoms with Gasteiger partial charge in [0.25, 0.3) is 5.91 Å². The van der Waals surface area contributed by atoms with Gasteiger partial charge in [0.2, 0.25) is 5.95 Å². The van der Waals surface area contributed by atoms with Gasteiger partial charge >= 0.3 is 0 Å². The number of hydrogen-bond acceptors (Lipinski definition) is 4. The first-order chi connectivity index (χ1) is 11.2. The Morgan fingerprint density at radius 3 is 2.57 bits per heavy atom. The summed E-state index contributed by atoms with van der Waals surface area (Å²) in [5.74, 6) is 0.267. The molecule has 122 valence electrons. The molecule has 0 spiro atoms. The molecular formula is C18H24N4O. The van der Waals surface area contributed by atoms with Gasteiger partial charge in [-0.15, -0.1) is 0 Å². The molecule has 0 saturated heterocycles. The number of nitrogens with zero attached hydrogens (tertiary/aromatic N) is 2. The number of carbonyl (C=O) groups excluding carboxylic acids is 1. The second-order valence-electron chi connectivity index (χ2n) is 5.40. The van der Waals surface area contributed by atoms with Crippen molar-refractivity contribution in [3.8, 4) is 0 Å². The third-order valence-electron chi connectivity index (χ3n) is 3.57. The zero-order chi connectivity index (χ0) is 16.5. The van der Waals surface area contributed by atoms with Crippen LogP contribution in [0.1, 0.15) is 49.2 Å². The van der Waals surface area contributed by atoms with E-state index < -0.39 is 0 Å². The molecule has 0 radical (unpaired) electrons. The molecule has 0 aliphatic heterocycles. The van der Waals surface area contributed by atoms with Gasteiger partial charge in [0.15, 0.2) is 0 Å². The van der Waals surface area contributed by atoms with Gasteiger partial charge in [-0.05, 0) is 36.6 Å². The predicted octanol–water partition coefficient (Wildman–Crippen LogP) is 3.89. The molecular weight excluding hydrogens is 288 g/mol. The molecule has 0 bridgehead atoms. The Morgan fingerprint density at radius 2 is 1.87 bits per heavy atom. The van der Waals surface area contributed by atoms with E-state index in [1.54, 1.807) is 12.3 Å². The molecule has 2 N–H and O–H groups in total. The quantitative estimate of drug-likeness (QED) is 0.726. The lowest BCUT2D eigenvalue weighted by atomic mass is 10.1. The SMILES string of the molecule is CCCCCNc1nccc(C(=O)Nc2ccc(CC)cc2)n1. The molecule has 1 aromatic carbocycles. The Kier molecular flexibility index (Phi) is 6.54.